The van der Waals surface area contributed by atoms with Gasteiger partial charge in [0.2, 0.25) is 4.21 Å². The second kappa shape index (κ2) is 5.72. The molecule has 0 saturated carbocycles. The van der Waals surface area contributed by atoms with Crippen molar-refractivity contribution in [3.8, 4) is 0 Å². The lowest BCUT2D eigenvalue weighted by Gasteiger charge is -2.23. The number of ketones is 1. The maximum absolute atomic E-state index is 12.3. The van der Waals surface area contributed by atoms with Crippen molar-refractivity contribution in [3.63, 3.8) is 0 Å². The van der Waals surface area contributed by atoms with Crippen LogP contribution < -0.4 is 0 Å². The zero-order valence-corrected chi connectivity index (χ0v) is 13.3. The second-order valence-electron chi connectivity index (χ2n) is 3.82. The van der Waals surface area contributed by atoms with Crippen molar-refractivity contribution in [1.29, 1.82) is 0 Å². The number of Topliss-reactive ketones (excluding diaryl/α,β-unsaturated/α-hetero) is 1. The fraction of sp³-hybridized carbons (Fsp3) is 0.417. The predicted molar refractivity (Wildman–Crippen MR) is 76.8 cm³/mol. The number of rotatable bonds is 5. The Morgan fingerprint density at radius 2 is 1.78 bits per heavy atom. The molecule has 0 unspecified atom stereocenters. The van der Waals surface area contributed by atoms with Gasteiger partial charge in [0.25, 0.3) is 0 Å². The Morgan fingerprint density at radius 3 is 2.17 bits per heavy atom. The van der Waals surface area contributed by atoms with Gasteiger partial charge in [0.05, 0.1) is 0 Å². The molecule has 1 rings (SSSR count). The predicted octanol–water partition coefficient (Wildman–Crippen LogP) is 3.41. The Kier molecular flexibility index (Phi) is 4.98. The highest BCUT2D eigenvalue weighted by Gasteiger charge is 2.46. The summed E-state index contributed by atoms with van der Waals surface area (Å²) in [5, 5.41) is 0. The van der Waals surface area contributed by atoms with E-state index in [0.717, 1.165) is 4.47 Å². The third-order valence-electron chi connectivity index (χ3n) is 2.77. The maximum atomic E-state index is 12.3. The topological polar surface area (TPSA) is 51.2 Å². The summed E-state index contributed by atoms with van der Waals surface area (Å²) in [7, 11) is -3.66. The van der Waals surface area contributed by atoms with E-state index in [4.69, 9.17) is 11.6 Å². The molecule has 3 nitrogen and oxygen atoms in total. The number of hydrogen-bond acceptors (Lipinski definition) is 3. The van der Waals surface area contributed by atoms with Crippen LogP contribution in [0.2, 0.25) is 0 Å². The van der Waals surface area contributed by atoms with E-state index < -0.39 is 19.8 Å². The Hall–Kier alpha value is -0.390. The molecule has 0 bridgehead atoms. The Balaban J connectivity index is 3.26. The molecule has 6 heteroatoms. The lowest BCUT2D eigenvalue weighted by atomic mass is 10.1. The minimum Gasteiger partial charge on any atom is -0.291 e. The molecule has 0 aliphatic rings. The van der Waals surface area contributed by atoms with Crippen molar-refractivity contribution >= 4 is 43.2 Å². The van der Waals surface area contributed by atoms with E-state index in [1.54, 1.807) is 31.2 Å². The van der Waals surface area contributed by atoms with Gasteiger partial charge in [-0.2, -0.15) is 0 Å². The SMILES string of the molecule is CC[C@@](Cl)(C(=O)c1ccc(Br)cc1)S(=O)(=O)CC. The van der Waals surface area contributed by atoms with Gasteiger partial charge in [0.1, 0.15) is 0 Å². The third kappa shape index (κ3) is 2.78. The summed E-state index contributed by atoms with van der Waals surface area (Å²) < 4.78 is 22.9. The lowest BCUT2D eigenvalue weighted by Crippen LogP contribution is -2.41. The monoisotopic (exact) mass is 352 g/mol. The van der Waals surface area contributed by atoms with Crippen molar-refractivity contribution < 1.29 is 13.2 Å². The fourth-order valence-corrected chi connectivity index (χ4v) is 3.57. The number of carbonyl (C=O) groups is 1. The second-order valence-corrected chi connectivity index (χ2v) is 8.11. The molecule has 100 valence electrons. The van der Waals surface area contributed by atoms with Crippen LogP contribution in [0.15, 0.2) is 28.7 Å². The van der Waals surface area contributed by atoms with Gasteiger partial charge in [-0.05, 0) is 18.6 Å². The minimum absolute atomic E-state index is 0.0413. The summed E-state index contributed by atoms with van der Waals surface area (Å²) >= 11 is 9.34. The van der Waals surface area contributed by atoms with E-state index >= 15 is 0 Å². The highest BCUT2D eigenvalue weighted by atomic mass is 79.9. The Labute approximate surface area is 121 Å². The van der Waals surface area contributed by atoms with Crippen LogP contribution >= 0.6 is 27.5 Å². The molecule has 0 fully saturated rings. The smallest absolute Gasteiger partial charge is 0.207 e. The summed E-state index contributed by atoms with van der Waals surface area (Å²) in [4.78, 5) is 12.3. The average Bonchev–Trinajstić information content (AvgIpc) is 2.37. The van der Waals surface area contributed by atoms with Crippen LogP contribution in [0.4, 0.5) is 0 Å². The Bertz CT molecular complexity index is 539. The first-order valence-corrected chi connectivity index (χ1v) is 8.32. The quantitative estimate of drug-likeness (QED) is 0.602. The molecule has 0 aliphatic heterocycles. The third-order valence-corrected chi connectivity index (χ3v) is 6.67. The van der Waals surface area contributed by atoms with Gasteiger partial charge in [-0.3, -0.25) is 4.79 Å². The van der Waals surface area contributed by atoms with E-state index in [-0.39, 0.29) is 12.2 Å². The van der Waals surface area contributed by atoms with E-state index in [0.29, 0.717) is 5.56 Å². The summed E-state index contributed by atoms with van der Waals surface area (Å²) in [5.41, 5.74) is 0.298. The minimum atomic E-state index is -3.66. The Morgan fingerprint density at radius 1 is 1.28 bits per heavy atom. The molecule has 0 radical (unpaired) electrons. The van der Waals surface area contributed by atoms with Crippen LogP contribution in [-0.2, 0) is 9.84 Å². The summed E-state index contributed by atoms with van der Waals surface area (Å²) in [6.07, 6.45) is 0.0413. The molecule has 1 aromatic rings. The average molecular weight is 354 g/mol. The molecule has 0 saturated heterocycles. The molecule has 0 N–H and O–H groups in total. The zero-order valence-electron chi connectivity index (χ0n) is 10.1. The van der Waals surface area contributed by atoms with Crippen LogP contribution in [0, 0.1) is 0 Å². The van der Waals surface area contributed by atoms with Crippen LogP contribution in [0.5, 0.6) is 0 Å². The van der Waals surface area contributed by atoms with Crippen molar-refractivity contribution in [1.82, 2.24) is 0 Å². The van der Waals surface area contributed by atoms with Gasteiger partial charge in [-0.25, -0.2) is 8.42 Å². The van der Waals surface area contributed by atoms with E-state index in [2.05, 4.69) is 15.9 Å². The number of alkyl halides is 1. The van der Waals surface area contributed by atoms with Gasteiger partial charge in [0.15, 0.2) is 15.6 Å². The number of halogens is 2. The first-order valence-electron chi connectivity index (χ1n) is 5.50. The number of carbonyl (C=O) groups excluding carboxylic acids is 1. The van der Waals surface area contributed by atoms with Crippen LogP contribution in [0.25, 0.3) is 0 Å². The first kappa shape index (κ1) is 15.7. The molecular formula is C12H14BrClO3S. The number of sulfone groups is 1. The van der Waals surface area contributed by atoms with Crippen molar-refractivity contribution in [2.45, 2.75) is 24.5 Å². The van der Waals surface area contributed by atoms with Gasteiger partial charge >= 0.3 is 0 Å². The molecular weight excluding hydrogens is 340 g/mol. The van der Waals surface area contributed by atoms with Gasteiger partial charge < -0.3 is 0 Å². The van der Waals surface area contributed by atoms with Crippen molar-refractivity contribution in [2.75, 3.05) is 5.75 Å². The molecule has 0 amide bonds. The maximum Gasteiger partial charge on any atom is 0.207 e. The first-order chi connectivity index (χ1) is 8.28. The molecule has 1 atom stereocenters. The van der Waals surface area contributed by atoms with Crippen LogP contribution in [0.1, 0.15) is 30.6 Å². The van der Waals surface area contributed by atoms with Gasteiger partial charge in [-0.15, -0.1) is 0 Å². The molecule has 0 spiro atoms. The van der Waals surface area contributed by atoms with Crippen LogP contribution in [0.3, 0.4) is 0 Å². The summed E-state index contributed by atoms with van der Waals surface area (Å²) in [6.45, 7) is 3.08. The highest BCUT2D eigenvalue weighted by Crippen LogP contribution is 2.32. The van der Waals surface area contributed by atoms with E-state index in [1.807, 2.05) is 0 Å². The normalized spacial score (nSPS) is 15.1. The zero-order chi connectivity index (χ0) is 14.0. The molecule has 0 heterocycles. The fourth-order valence-electron chi connectivity index (χ4n) is 1.57. The van der Waals surface area contributed by atoms with Gasteiger partial charge in [-0.1, -0.05) is 53.5 Å². The van der Waals surface area contributed by atoms with Crippen molar-refractivity contribution in [3.05, 3.63) is 34.3 Å². The highest BCUT2D eigenvalue weighted by molar-refractivity contribution is 9.10. The van der Waals surface area contributed by atoms with Gasteiger partial charge in [0, 0.05) is 15.8 Å². The van der Waals surface area contributed by atoms with E-state index in [1.165, 1.54) is 6.92 Å². The number of benzene rings is 1. The number of hydrogen-bond donors (Lipinski definition) is 0. The standard InChI is InChI=1S/C12H14BrClO3S/c1-3-12(14,18(16,17)4-2)11(15)9-5-7-10(13)8-6-9/h5-8H,3-4H2,1-2H3/t12-/m0/s1. The summed E-state index contributed by atoms with van der Waals surface area (Å²) in [5.74, 6) is -0.729. The molecule has 1 aromatic carbocycles. The molecule has 18 heavy (non-hydrogen) atoms. The molecule has 0 aliphatic carbocycles. The summed E-state index contributed by atoms with van der Waals surface area (Å²) in [6, 6.07) is 6.48. The van der Waals surface area contributed by atoms with Crippen molar-refractivity contribution in [2.24, 2.45) is 0 Å². The van der Waals surface area contributed by atoms with Crippen LogP contribution in [-0.4, -0.2) is 24.2 Å². The van der Waals surface area contributed by atoms with E-state index in [9.17, 15) is 13.2 Å². The lowest BCUT2D eigenvalue weighted by molar-refractivity contribution is 0.0970. The molecule has 0 aromatic heterocycles. The largest absolute Gasteiger partial charge is 0.291 e.